The number of alkyl halides is 3. The molecule has 2 fully saturated rings. The van der Waals surface area contributed by atoms with Gasteiger partial charge in [-0.3, -0.25) is 0 Å². The first kappa shape index (κ1) is 20.8. The van der Waals surface area contributed by atoms with E-state index in [1.54, 1.807) is 0 Å². The number of nitrogens with zero attached hydrogens (tertiary/aromatic N) is 5. The Bertz CT molecular complexity index is 614. The van der Waals surface area contributed by atoms with E-state index in [2.05, 4.69) is 15.0 Å². The number of halogens is 3. The number of hydrogen-bond acceptors (Lipinski definition) is 8. The Kier molecular flexibility index (Phi) is 6.13. The maximum absolute atomic E-state index is 12.6. The van der Waals surface area contributed by atoms with Crippen LogP contribution in [0.1, 0.15) is 27.7 Å². The SMILES string of the molecule is C[C@@H]1CN(c2nc(OCC(F)(F)F)nc(N3C[C@@H](C)O[C@@H](C)C3)n2)C[C@@H](C)O1. The molecule has 0 saturated carbocycles. The van der Waals surface area contributed by atoms with Crippen LogP contribution in [-0.2, 0) is 9.47 Å². The van der Waals surface area contributed by atoms with E-state index in [0.29, 0.717) is 26.2 Å². The average Bonchev–Trinajstić information content (AvgIpc) is 2.57. The molecule has 4 atom stereocenters. The lowest BCUT2D eigenvalue weighted by atomic mass is 10.2. The van der Waals surface area contributed by atoms with Gasteiger partial charge in [0.25, 0.3) is 0 Å². The number of anilines is 2. The van der Waals surface area contributed by atoms with Gasteiger partial charge in [-0.05, 0) is 27.7 Å². The van der Waals surface area contributed by atoms with Crippen molar-refractivity contribution in [1.29, 1.82) is 0 Å². The second-order valence-electron chi connectivity index (χ2n) is 7.45. The normalized spacial score (nSPS) is 29.1. The molecule has 0 aromatic carbocycles. The largest absolute Gasteiger partial charge is 0.454 e. The van der Waals surface area contributed by atoms with Crippen LogP contribution < -0.4 is 14.5 Å². The van der Waals surface area contributed by atoms with Crippen LogP contribution in [0.15, 0.2) is 0 Å². The van der Waals surface area contributed by atoms with Crippen LogP contribution in [0.3, 0.4) is 0 Å². The molecule has 2 aliphatic heterocycles. The summed E-state index contributed by atoms with van der Waals surface area (Å²) < 4.78 is 54.1. The first-order valence-corrected chi connectivity index (χ1v) is 9.35. The summed E-state index contributed by atoms with van der Waals surface area (Å²) in [6.07, 6.45) is -4.67. The number of ether oxygens (including phenoxy) is 3. The molecule has 0 bridgehead atoms. The van der Waals surface area contributed by atoms with Crippen LogP contribution in [-0.4, -0.2) is 78.3 Å². The minimum absolute atomic E-state index is 0.0491. The quantitative estimate of drug-likeness (QED) is 0.754. The van der Waals surface area contributed by atoms with E-state index in [-0.39, 0.29) is 42.3 Å². The molecule has 0 N–H and O–H groups in total. The van der Waals surface area contributed by atoms with Crippen LogP contribution in [0.4, 0.5) is 25.1 Å². The number of rotatable bonds is 4. The smallest absolute Gasteiger partial charge is 0.422 e. The highest BCUT2D eigenvalue weighted by Crippen LogP contribution is 2.25. The summed E-state index contributed by atoms with van der Waals surface area (Å²) >= 11 is 0. The molecule has 0 radical (unpaired) electrons. The van der Waals surface area contributed by atoms with Crippen molar-refractivity contribution in [2.24, 2.45) is 0 Å². The molecule has 3 rings (SSSR count). The molecule has 1 aromatic heterocycles. The van der Waals surface area contributed by atoms with Crippen molar-refractivity contribution in [2.45, 2.75) is 58.3 Å². The van der Waals surface area contributed by atoms with Gasteiger partial charge >= 0.3 is 12.2 Å². The third-order valence-corrected chi connectivity index (χ3v) is 4.36. The minimum Gasteiger partial charge on any atom is -0.454 e. The van der Waals surface area contributed by atoms with Gasteiger partial charge in [0.1, 0.15) is 0 Å². The maximum Gasteiger partial charge on any atom is 0.422 e. The molecule has 0 unspecified atom stereocenters. The van der Waals surface area contributed by atoms with Crippen LogP contribution in [0.5, 0.6) is 6.01 Å². The van der Waals surface area contributed by atoms with Crippen LogP contribution >= 0.6 is 0 Å². The fourth-order valence-electron chi connectivity index (χ4n) is 3.51. The second kappa shape index (κ2) is 8.24. The maximum atomic E-state index is 12.6. The zero-order chi connectivity index (χ0) is 20.5. The number of morpholine rings is 2. The predicted octanol–water partition coefficient (Wildman–Crippen LogP) is 2.04. The first-order chi connectivity index (χ1) is 13.1. The van der Waals surface area contributed by atoms with Gasteiger partial charge in [-0.25, -0.2) is 0 Å². The summed E-state index contributed by atoms with van der Waals surface area (Å²) in [5, 5.41) is 0. The molecule has 28 heavy (non-hydrogen) atoms. The van der Waals surface area contributed by atoms with E-state index in [1.165, 1.54) is 0 Å². The third kappa shape index (κ3) is 5.57. The number of aromatic nitrogens is 3. The summed E-state index contributed by atoms with van der Waals surface area (Å²) in [5.74, 6) is 0.576. The van der Waals surface area contributed by atoms with E-state index in [1.807, 2.05) is 37.5 Å². The van der Waals surface area contributed by atoms with Crippen molar-refractivity contribution in [1.82, 2.24) is 15.0 Å². The van der Waals surface area contributed by atoms with Crippen molar-refractivity contribution >= 4 is 11.9 Å². The van der Waals surface area contributed by atoms with Crippen molar-refractivity contribution < 1.29 is 27.4 Å². The van der Waals surface area contributed by atoms with Gasteiger partial charge in [-0.2, -0.15) is 28.1 Å². The van der Waals surface area contributed by atoms with Gasteiger partial charge in [0.2, 0.25) is 11.9 Å². The molecule has 158 valence electrons. The van der Waals surface area contributed by atoms with E-state index < -0.39 is 12.8 Å². The summed E-state index contributed by atoms with van der Waals surface area (Å²) in [4.78, 5) is 16.6. The van der Waals surface area contributed by atoms with Crippen molar-refractivity contribution in [3.8, 4) is 6.01 Å². The first-order valence-electron chi connectivity index (χ1n) is 9.35. The van der Waals surface area contributed by atoms with E-state index in [0.717, 1.165) is 0 Å². The van der Waals surface area contributed by atoms with Crippen molar-refractivity contribution in [3.63, 3.8) is 0 Å². The molecule has 3 heterocycles. The van der Waals surface area contributed by atoms with Crippen LogP contribution in [0.2, 0.25) is 0 Å². The van der Waals surface area contributed by atoms with Gasteiger partial charge in [0.05, 0.1) is 24.4 Å². The fourth-order valence-corrected chi connectivity index (χ4v) is 3.51. The molecule has 0 aliphatic carbocycles. The molecular formula is C17H26F3N5O3. The fraction of sp³-hybridized carbons (Fsp3) is 0.824. The number of hydrogen-bond donors (Lipinski definition) is 0. The predicted molar refractivity (Wildman–Crippen MR) is 95.8 cm³/mol. The third-order valence-electron chi connectivity index (χ3n) is 4.36. The lowest BCUT2D eigenvalue weighted by Gasteiger charge is -2.37. The zero-order valence-electron chi connectivity index (χ0n) is 16.4. The molecular weight excluding hydrogens is 379 g/mol. The van der Waals surface area contributed by atoms with E-state index in [4.69, 9.17) is 14.2 Å². The average molecular weight is 405 g/mol. The van der Waals surface area contributed by atoms with E-state index >= 15 is 0 Å². The van der Waals surface area contributed by atoms with Crippen molar-refractivity contribution in [2.75, 3.05) is 42.6 Å². The highest BCUT2D eigenvalue weighted by atomic mass is 19.4. The molecule has 2 aliphatic rings. The summed E-state index contributed by atoms with van der Waals surface area (Å²) in [6, 6.07) is -0.337. The standard InChI is InChI=1S/C17H26F3N5O3/c1-10-5-24(6-11(2)27-10)14-21-15(25-7-12(3)28-13(4)8-25)23-16(22-14)26-9-17(18,19)20/h10-13H,5-9H2,1-4H3/t10-,11-,12-,13+/m1/s1. The lowest BCUT2D eigenvalue weighted by Crippen LogP contribution is -2.48. The Morgan fingerprint density at radius 1 is 0.821 bits per heavy atom. The lowest BCUT2D eigenvalue weighted by molar-refractivity contribution is -0.154. The topological polar surface area (TPSA) is 72.8 Å². The second-order valence-corrected chi connectivity index (χ2v) is 7.45. The summed E-state index contributed by atoms with van der Waals surface area (Å²) in [5.41, 5.74) is 0. The molecule has 11 heteroatoms. The monoisotopic (exact) mass is 405 g/mol. The van der Waals surface area contributed by atoms with Crippen LogP contribution in [0, 0.1) is 0 Å². The Hall–Kier alpha value is -1.88. The molecule has 0 amide bonds. The molecule has 8 nitrogen and oxygen atoms in total. The van der Waals surface area contributed by atoms with Crippen LogP contribution in [0.25, 0.3) is 0 Å². The molecule has 0 spiro atoms. The molecule has 2 saturated heterocycles. The Morgan fingerprint density at radius 2 is 1.21 bits per heavy atom. The summed E-state index contributed by atoms with van der Waals surface area (Å²) in [6.45, 7) is 8.38. The van der Waals surface area contributed by atoms with Crippen molar-refractivity contribution in [3.05, 3.63) is 0 Å². The highest BCUT2D eigenvalue weighted by molar-refractivity contribution is 5.41. The van der Waals surface area contributed by atoms with Gasteiger partial charge in [0.15, 0.2) is 6.61 Å². The Morgan fingerprint density at radius 3 is 1.57 bits per heavy atom. The summed E-state index contributed by atoms with van der Waals surface area (Å²) in [7, 11) is 0. The Balaban J connectivity index is 1.89. The highest BCUT2D eigenvalue weighted by Gasteiger charge is 2.31. The van der Waals surface area contributed by atoms with Gasteiger partial charge in [0, 0.05) is 26.2 Å². The Labute approximate surface area is 162 Å². The minimum atomic E-state index is -4.48. The van der Waals surface area contributed by atoms with E-state index in [9.17, 15) is 13.2 Å². The molecule has 1 aromatic rings. The van der Waals surface area contributed by atoms with Gasteiger partial charge in [-0.1, -0.05) is 0 Å². The zero-order valence-corrected chi connectivity index (χ0v) is 16.4. The van der Waals surface area contributed by atoms with Gasteiger partial charge in [-0.15, -0.1) is 0 Å². The van der Waals surface area contributed by atoms with Gasteiger partial charge < -0.3 is 24.0 Å².